The molecule has 0 unspecified atom stereocenters. The summed E-state index contributed by atoms with van der Waals surface area (Å²) in [5.74, 6) is -2.20. The van der Waals surface area contributed by atoms with Crippen molar-refractivity contribution in [3.05, 3.63) is 29.8 Å². The Balaban J connectivity index is 2.02. The number of anilines is 1. The highest BCUT2D eigenvalue weighted by Gasteiger charge is 2.36. The average molecular weight is 329 g/mol. The highest BCUT2D eigenvalue weighted by molar-refractivity contribution is 5.89. The Morgan fingerprint density at radius 1 is 1.09 bits per heavy atom. The quantitative estimate of drug-likeness (QED) is 0.857. The van der Waals surface area contributed by atoms with Crippen molar-refractivity contribution in [2.45, 2.75) is 6.18 Å². The first-order chi connectivity index (χ1) is 10.8. The average Bonchev–Trinajstić information content (AvgIpc) is 2.49. The lowest BCUT2D eigenvalue weighted by molar-refractivity contribution is -0.144. The molecule has 0 amide bonds. The molecule has 0 atom stereocenters. The molecule has 1 aliphatic heterocycles. The maximum absolute atomic E-state index is 13.9. The minimum absolute atomic E-state index is 0.0358. The van der Waals surface area contributed by atoms with Crippen LogP contribution in [0.5, 0.6) is 0 Å². The highest BCUT2D eigenvalue weighted by atomic mass is 19.4. The van der Waals surface area contributed by atoms with Gasteiger partial charge in [-0.25, -0.2) is 19.4 Å². The molecule has 1 aromatic carbocycles. The first-order valence-electron chi connectivity index (χ1n) is 7.08. The number of fused-ring (bicyclic) bond motifs is 1. The van der Waals surface area contributed by atoms with Gasteiger partial charge in [0, 0.05) is 31.6 Å². The van der Waals surface area contributed by atoms with Gasteiger partial charge >= 0.3 is 6.18 Å². The van der Waals surface area contributed by atoms with Crippen LogP contribution in [0.3, 0.4) is 0 Å². The number of hydrogen-bond donors (Lipinski definition) is 1. The zero-order valence-corrected chi connectivity index (χ0v) is 12.4. The second kappa shape index (κ2) is 5.89. The fraction of sp³-hybridized carbons (Fsp3) is 0.429. The summed E-state index contributed by atoms with van der Waals surface area (Å²) < 4.78 is 52.7. The van der Waals surface area contributed by atoms with Crippen LogP contribution in [0.15, 0.2) is 18.2 Å². The minimum Gasteiger partial charge on any atom is -0.304 e. The Hall–Kier alpha value is -2.00. The van der Waals surface area contributed by atoms with Gasteiger partial charge in [0.25, 0.3) is 0 Å². The first kappa shape index (κ1) is 15.9. The van der Waals surface area contributed by atoms with Crippen LogP contribution in [0, 0.1) is 5.82 Å². The fourth-order valence-electron chi connectivity index (χ4n) is 2.40. The van der Waals surface area contributed by atoms with Crippen LogP contribution in [-0.4, -0.2) is 53.1 Å². The maximum atomic E-state index is 13.9. The molecule has 0 saturated carbocycles. The minimum atomic E-state index is -4.74. The van der Waals surface area contributed by atoms with Crippen molar-refractivity contribution < 1.29 is 17.6 Å². The lowest BCUT2D eigenvalue weighted by Gasteiger charge is -2.33. The summed E-state index contributed by atoms with van der Waals surface area (Å²) in [6.45, 7) is 2.80. The van der Waals surface area contributed by atoms with Crippen LogP contribution in [0.1, 0.15) is 5.82 Å². The van der Waals surface area contributed by atoms with E-state index < -0.39 is 17.8 Å². The van der Waals surface area contributed by atoms with E-state index in [1.165, 1.54) is 12.1 Å². The summed E-state index contributed by atoms with van der Waals surface area (Å²) in [5, 5.41) is 1.99. The van der Waals surface area contributed by atoms with Crippen molar-refractivity contribution in [2.75, 3.05) is 38.7 Å². The highest BCUT2D eigenvalue weighted by Crippen LogP contribution is 2.31. The van der Waals surface area contributed by atoms with Gasteiger partial charge in [-0.1, -0.05) is 6.07 Å². The van der Waals surface area contributed by atoms with Crippen LogP contribution in [0.4, 0.5) is 23.4 Å². The summed E-state index contributed by atoms with van der Waals surface area (Å²) in [5.41, 5.74) is 2.53. The number of nitrogens with one attached hydrogen (secondary N) is 1. The van der Waals surface area contributed by atoms with Gasteiger partial charge in [-0.2, -0.15) is 13.2 Å². The molecule has 0 spiro atoms. The van der Waals surface area contributed by atoms with E-state index in [1.807, 2.05) is 7.05 Å². The Morgan fingerprint density at radius 2 is 1.78 bits per heavy atom. The third kappa shape index (κ3) is 3.35. The number of rotatable bonds is 2. The third-order valence-corrected chi connectivity index (χ3v) is 3.70. The number of hydrazine groups is 1. The standard InChI is InChI=1S/C14H15F4N5/c1-22-5-7-23(8-6-22)21-12-9-3-2-4-10(15)11(9)19-13(20-12)14(16,17)18/h2-4H,5-8H2,1H3,(H,19,20,21). The first-order valence-corrected chi connectivity index (χ1v) is 7.08. The number of alkyl halides is 3. The van der Waals surface area contributed by atoms with Crippen LogP contribution in [0.25, 0.3) is 10.9 Å². The van der Waals surface area contributed by atoms with Gasteiger partial charge in [-0.05, 0) is 19.2 Å². The molecule has 1 saturated heterocycles. The van der Waals surface area contributed by atoms with Crippen LogP contribution in [0.2, 0.25) is 0 Å². The lowest BCUT2D eigenvalue weighted by atomic mass is 10.2. The predicted octanol–water partition coefficient (Wildman–Crippen LogP) is 2.36. The summed E-state index contributed by atoms with van der Waals surface area (Å²) in [7, 11) is 1.97. The maximum Gasteiger partial charge on any atom is 0.451 e. The van der Waals surface area contributed by atoms with Crippen molar-refractivity contribution in [3.8, 4) is 0 Å². The molecule has 0 radical (unpaired) electrons. The molecule has 23 heavy (non-hydrogen) atoms. The Morgan fingerprint density at radius 3 is 2.43 bits per heavy atom. The third-order valence-electron chi connectivity index (χ3n) is 3.70. The zero-order chi connectivity index (χ0) is 16.6. The second-order valence-corrected chi connectivity index (χ2v) is 5.43. The molecule has 1 aromatic heterocycles. The molecule has 1 N–H and O–H groups in total. The van der Waals surface area contributed by atoms with Gasteiger partial charge in [0.2, 0.25) is 5.82 Å². The van der Waals surface area contributed by atoms with E-state index in [4.69, 9.17) is 0 Å². The van der Waals surface area contributed by atoms with Crippen LogP contribution >= 0.6 is 0 Å². The molecular weight excluding hydrogens is 314 g/mol. The summed E-state index contributed by atoms with van der Waals surface area (Å²) >= 11 is 0. The number of hydrogen-bond acceptors (Lipinski definition) is 5. The molecule has 9 heteroatoms. The largest absolute Gasteiger partial charge is 0.451 e. The predicted molar refractivity (Wildman–Crippen MR) is 77.2 cm³/mol. The van der Waals surface area contributed by atoms with Crippen molar-refractivity contribution in [3.63, 3.8) is 0 Å². The SMILES string of the molecule is CN1CCN(Nc2nc(C(F)(F)F)nc3c(F)cccc23)CC1. The summed E-state index contributed by atoms with van der Waals surface area (Å²) in [4.78, 5) is 9.00. The molecule has 1 fully saturated rings. The number of nitrogens with zero attached hydrogens (tertiary/aromatic N) is 4. The lowest BCUT2D eigenvalue weighted by Crippen LogP contribution is -2.47. The Kier molecular flexibility index (Phi) is 4.07. The zero-order valence-electron chi connectivity index (χ0n) is 12.4. The smallest absolute Gasteiger partial charge is 0.304 e. The molecule has 0 bridgehead atoms. The van der Waals surface area contributed by atoms with E-state index in [0.717, 1.165) is 19.2 Å². The Labute approximate surface area is 129 Å². The van der Waals surface area contributed by atoms with Gasteiger partial charge in [-0.3, -0.25) is 0 Å². The van der Waals surface area contributed by atoms with Crippen molar-refractivity contribution in [2.24, 2.45) is 0 Å². The van der Waals surface area contributed by atoms with Crippen LogP contribution in [-0.2, 0) is 6.18 Å². The van der Waals surface area contributed by atoms with Gasteiger partial charge in [0.1, 0.15) is 11.3 Å². The molecule has 2 heterocycles. The van der Waals surface area contributed by atoms with E-state index in [-0.39, 0.29) is 16.7 Å². The van der Waals surface area contributed by atoms with Crippen molar-refractivity contribution >= 4 is 16.7 Å². The van der Waals surface area contributed by atoms with E-state index >= 15 is 0 Å². The molecule has 0 aliphatic carbocycles. The van der Waals surface area contributed by atoms with E-state index in [9.17, 15) is 17.6 Å². The molecule has 3 rings (SSSR count). The fourth-order valence-corrected chi connectivity index (χ4v) is 2.40. The molecule has 2 aromatic rings. The number of likely N-dealkylation sites (N-methyl/N-ethyl adjacent to an activating group) is 1. The number of piperazine rings is 1. The van der Waals surface area contributed by atoms with Crippen LogP contribution < -0.4 is 5.43 Å². The van der Waals surface area contributed by atoms with Gasteiger partial charge in [-0.15, -0.1) is 0 Å². The number of benzene rings is 1. The number of para-hydroxylation sites is 1. The van der Waals surface area contributed by atoms with Crippen molar-refractivity contribution in [1.82, 2.24) is 19.9 Å². The monoisotopic (exact) mass is 329 g/mol. The van der Waals surface area contributed by atoms with Crippen molar-refractivity contribution in [1.29, 1.82) is 0 Å². The topological polar surface area (TPSA) is 44.3 Å². The molecule has 1 aliphatic rings. The van der Waals surface area contributed by atoms with Gasteiger partial charge in [0.15, 0.2) is 5.82 Å². The summed E-state index contributed by atoms with van der Waals surface area (Å²) in [6.07, 6.45) is -4.74. The van der Waals surface area contributed by atoms with Gasteiger partial charge in [0.05, 0.1) is 0 Å². The summed E-state index contributed by atoms with van der Waals surface area (Å²) in [6, 6.07) is 4.00. The number of halogens is 4. The number of aromatic nitrogens is 2. The van der Waals surface area contributed by atoms with Gasteiger partial charge < -0.3 is 10.3 Å². The van der Waals surface area contributed by atoms with E-state index in [2.05, 4.69) is 20.3 Å². The van der Waals surface area contributed by atoms with E-state index in [0.29, 0.717) is 13.1 Å². The van der Waals surface area contributed by atoms with E-state index in [1.54, 1.807) is 5.01 Å². The molecule has 124 valence electrons. The second-order valence-electron chi connectivity index (χ2n) is 5.43. The normalized spacial score (nSPS) is 17.6. The molecular formula is C14H15F4N5. The molecule has 5 nitrogen and oxygen atoms in total. The Bertz CT molecular complexity index is 710.